The summed E-state index contributed by atoms with van der Waals surface area (Å²) in [7, 11) is 1.74. The van der Waals surface area contributed by atoms with Gasteiger partial charge in [0.1, 0.15) is 23.1 Å². The zero-order valence-electron chi connectivity index (χ0n) is 22.4. The number of ether oxygens (including phenoxy) is 1. The Morgan fingerprint density at radius 3 is 2.13 bits per heavy atom. The Morgan fingerprint density at radius 2 is 1.54 bits per heavy atom. The van der Waals surface area contributed by atoms with E-state index in [0.29, 0.717) is 50.3 Å². The standard InChI is InChI=1S/C30H37N3O6/c1-32-26(34)25(19-29(38)13-3-2-4-14-29)31-28(37)30(32)15-17-33(18-16-30)20-21-5-9-23(10-6-21)39-24-11-7-22(8-12-24)27(35)36/h5-12,25,38H,2-4,13-20H2,1H3,(H,31,37)(H,35,36)/t25-/m1/s1. The molecule has 9 nitrogen and oxygen atoms in total. The van der Waals surface area contributed by atoms with Crippen LogP contribution in [0.2, 0.25) is 0 Å². The van der Waals surface area contributed by atoms with E-state index in [1.54, 1.807) is 24.1 Å². The van der Waals surface area contributed by atoms with Crippen molar-refractivity contribution in [2.45, 2.75) is 75.1 Å². The van der Waals surface area contributed by atoms with E-state index in [0.717, 1.165) is 31.4 Å². The molecule has 0 unspecified atom stereocenters. The average molecular weight is 536 g/mol. The van der Waals surface area contributed by atoms with Crippen molar-refractivity contribution in [2.75, 3.05) is 20.1 Å². The van der Waals surface area contributed by atoms with Crippen molar-refractivity contribution in [2.24, 2.45) is 0 Å². The lowest BCUT2D eigenvalue weighted by atomic mass is 9.77. The normalized spacial score (nSPS) is 22.9. The number of nitrogens with one attached hydrogen (secondary N) is 1. The number of piperidine rings is 1. The molecule has 1 aliphatic carbocycles. The third kappa shape index (κ3) is 5.79. The number of piperazine rings is 1. The molecule has 9 heteroatoms. The maximum absolute atomic E-state index is 13.3. The first-order chi connectivity index (χ1) is 18.7. The molecule has 0 bridgehead atoms. The van der Waals surface area contributed by atoms with Gasteiger partial charge >= 0.3 is 5.97 Å². The first kappa shape index (κ1) is 27.1. The van der Waals surface area contributed by atoms with Gasteiger partial charge in [0.05, 0.1) is 11.2 Å². The lowest BCUT2D eigenvalue weighted by Crippen LogP contribution is -2.72. The number of rotatable bonds is 7. The quantitative estimate of drug-likeness (QED) is 0.496. The van der Waals surface area contributed by atoms with Gasteiger partial charge in [-0.15, -0.1) is 0 Å². The van der Waals surface area contributed by atoms with Crippen LogP contribution >= 0.6 is 0 Å². The zero-order chi connectivity index (χ0) is 27.6. The van der Waals surface area contributed by atoms with Crippen molar-refractivity contribution in [3.8, 4) is 11.5 Å². The number of aliphatic hydroxyl groups is 1. The number of benzene rings is 2. The van der Waals surface area contributed by atoms with Crippen LogP contribution in [0, 0.1) is 0 Å². The van der Waals surface area contributed by atoms with Gasteiger partial charge < -0.3 is 25.2 Å². The molecule has 2 aromatic rings. The van der Waals surface area contributed by atoms with Crippen molar-refractivity contribution in [3.63, 3.8) is 0 Å². The van der Waals surface area contributed by atoms with E-state index in [9.17, 15) is 19.5 Å². The van der Waals surface area contributed by atoms with Crippen LogP contribution in [-0.2, 0) is 16.1 Å². The molecule has 3 aliphatic rings. The fourth-order valence-corrected chi connectivity index (χ4v) is 6.25. The van der Waals surface area contributed by atoms with Gasteiger partial charge in [-0.05, 0) is 67.6 Å². The number of likely N-dealkylation sites (N-methyl/N-ethyl adjacent to an activating group) is 1. The Morgan fingerprint density at radius 1 is 0.949 bits per heavy atom. The number of likely N-dealkylation sites (tertiary alicyclic amines) is 1. The number of nitrogens with zero attached hydrogens (tertiary/aromatic N) is 2. The van der Waals surface area contributed by atoms with Gasteiger partial charge in [0, 0.05) is 33.1 Å². The van der Waals surface area contributed by atoms with E-state index in [2.05, 4.69) is 10.2 Å². The summed E-state index contributed by atoms with van der Waals surface area (Å²) in [6, 6.07) is 13.4. The van der Waals surface area contributed by atoms with E-state index >= 15 is 0 Å². The molecule has 39 heavy (non-hydrogen) atoms. The Balaban J connectivity index is 1.14. The van der Waals surface area contributed by atoms with Crippen LogP contribution in [0.3, 0.4) is 0 Å². The summed E-state index contributed by atoms with van der Waals surface area (Å²) in [5, 5.41) is 23.0. The summed E-state index contributed by atoms with van der Waals surface area (Å²) in [6.45, 7) is 2.10. The fourth-order valence-electron chi connectivity index (χ4n) is 6.25. The van der Waals surface area contributed by atoms with Gasteiger partial charge in [0.2, 0.25) is 11.8 Å². The molecular formula is C30H37N3O6. The van der Waals surface area contributed by atoms with E-state index in [-0.39, 0.29) is 23.8 Å². The number of carboxylic acid groups (broad SMARTS) is 1. The number of carbonyl (C=O) groups excluding carboxylic acids is 2. The Hall–Kier alpha value is -3.43. The summed E-state index contributed by atoms with van der Waals surface area (Å²) in [5.74, 6) is 0.0386. The van der Waals surface area contributed by atoms with Gasteiger partial charge in [-0.25, -0.2) is 4.79 Å². The molecule has 3 N–H and O–H groups in total. The molecule has 1 atom stereocenters. The smallest absolute Gasteiger partial charge is 0.335 e. The number of carbonyl (C=O) groups is 3. The molecule has 2 aliphatic heterocycles. The number of hydrogen-bond donors (Lipinski definition) is 3. The van der Waals surface area contributed by atoms with Crippen molar-refractivity contribution in [1.82, 2.24) is 15.1 Å². The minimum absolute atomic E-state index is 0.102. The number of hydrogen-bond acceptors (Lipinski definition) is 6. The summed E-state index contributed by atoms with van der Waals surface area (Å²) in [5.41, 5.74) is -0.392. The third-order valence-corrected chi connectivity index (χ3v) is 8.72. The molecule has 0 radical (unpaired) electrons. The van der Waals surface area contributed by atoms with E-state index < -0.39 is 23.2 Å². The molecule has 2 heterocycles. The fraction of sp³-hybridized carbons (Fsp3) is 0.500. The summed E-state index contributed by atoms with van der Waals surface area (Å²) in [4.78, 5) is 41.6. The first-order valence-corrected chi connectivity index (χ1v) is 13.8. The van der Waals surface area contributed by atoms with Crippen molar-refractivity contribution in [1.29, 1.82) is 0 Å². The van der Waals surface area contributed by atoms with Crippen LogP contribution < -0.4 is 10.1 Å². The molecular weight excluding hydrogens is 498 g/mol. The highest BCUT2D eigenvalue weighted by molar-refractivity contribution is 5.99. The highest BCUT2D eigenvalue weighted by Crippen LogP contribution is 2.36. The van der Waals surface area contributed by atoms with Crippen LogP contribution in [0.4, 0.5) is 0 Å². The Labute approximate surface area is 228 Å². The zero-order valence-corrected chi connectivity index (χ0v) is 22.4. The van der Waals surface area contributed by atoms with E-state index in [1.807, 2.05) is 24.3 Å². The predicted octanol–water partition coefficient (Wildman–Crippen LogP) is 3.55. The summed E-state index contributed by atoms with van der Waals surface area (Å²) in [6.07, 6.45) is 5.80. The molecule has 2 aromatic carbocycles. The van der Waals surface area contributed by atoms with Crippen LogP contribution in [0.5, 0.6) is 11.5 Å². The monoisotopic (exact) mass is 535 g/mol. The largest absolute Gasteiger partial charge is 0.478 e. The second kappa shape index (κ2) is 11.0. The summed E-state index contributed by atoms with van der Waals surface area (Å²) >= 11 is 0. The molecule has 5 rings (SSSR count). The Kier molecular flexibility index (Phi) is 7.64. The predicted molar refractivity (Wildman–Crippen MR) is 145 cm³/mol. The first-order valence-electron chi connectivity index (χ1n) is 13.8. The third-order valence-electron chi connectivity index (χ3n) is 8.72. The van der Waals surface area contributed by atoms with Crippen molar-refractivity contribution >= 4 is 17.8 Å². The second-order valence-electron chi connectivity index (χ2n) is 11.3. The van der Waals surface area contributed by atoms with E-state index in [4.69, 9.17) is 9.84 Å². The highest BCUT2D eigenvalue weighted by atomic mass is 16.5. The van der Waals surface area contributed by atoms with Crippen LogP contribution in [0.15, 0.2) is 48.5 Å². The van der Waals surface area contributed by atoms with Crippen molar-refractivity contribution < 1.29 is 29.3 Å². The topological polar surface area (TPSA) is 119 Å². The maximum atomic E-state index is 13.3. The van der Waals surface area contributed by atoms with Gasteiger partial charge in [0.25, 0.3) is 0 Å². The van der Waals surface area contributed by atoms with Gasteiger partial charge in [0.15, 0.2) is 0 Å². The van der Waals surface area contributed by atoms with Crippen LogP contribution in [-0.4, -0.2) is 75.1 Å². The number of amides is 2. The second-order valence-corrected chi connectivity index (χ2v) is 11.3. The van der Waals surface area contributed by atoms with Crippen LogP contribution in [0.1, 0.15) is 67.3 Å². The molecule has 1 saturated carbocycles. The minimum atomic E-state index is -0.977. The molecule has 2 saturated heterocycles. The minimum Gasteiger partial charge on any atom is -0.478 e. The van der Waals surface area contributed by atoms with Crippen LogP contribution in [0.25, 0.3) is 0 Å². The molecule has 2 amide bonds. The lowest BCUT2D eigenvalue weighted by Gasteiger charge is -2.51. The molecule has 0 aromatic heterocycles. The number of carboxylic acids is 1. The lowest BCUT2D eigenvalue weighted by molar-refractivity contribution is -0.161. The maximum Gasteiger partial charge on any atom is 0.335 e. The summed E-state index contributed by atoms with van der Waals surface area (Å²) < 4.78 is 5.83. The molecule has 1 spiro atoms. The van der Waals surface area contributed by atoms with E-state index in [1.165, 1.54) is 12.1 Å². The van der Waals surface area contributed by atoms with Gasteiger partial charge in [-0.2, -0.15) is 0 Å². The number of aromatic carboxylic acids is 1. The molecule has 3 fully saturated rings. The Bertz CT molecular complexity index is 1200. The van der Waals surface area contributed by atoms with Gasteiger partial charge in [-0.3, -0.25) is 14.5 Å². The SMILES string of the molecule is CN1C(=O)[C@@H](CC2(O)CCCCC2)NC(=O)C12CCN(Cc1ccc(Oc3ccc(C(=O)O)cc3)cc1)CC2. The van der Waals surface area contributed by atoms with Crippen molar-refractivity contribution in [3.05, 3.63) is 59.7 Å². The highest BCUT2D eigenvalue weighted by Gasteiger charge is 2.53. The molecule has 208 valence electrons. The average Bonchev–Trinajstić information content (AvgIpc) is 2.93. The van der Waals surface area contributed by atoms with Gasteiger partial charge in [-0.1, -0.05) is 31.4 Å².